The van der Waals surface area contributed by atoms with Crippen LogP contribution >= 0.6 is 0 Å². The van der Waals surface area contributed by atoms with E-state index in [2.05, 4.69) is 9.88 Å². The number of nitrogens with zero attached hydrogens (tertiary/aromatic N) is 4. The maximum absolute atomic E-state index is 12.9. The van der Waals surface area contributed by atoms with Crippen molar-refractivity contribution in [3.8, 4) is 11.4 Å². The van der Waals surface area contributed by atoms with Gasteiger partial charge >= 0.3 is 12.1 Å². The zero-order valence-electron chi connectivity index (χ0n) is 23.0. The summed E-state index contributed by atoms with van der Waals surface area (Å²) in [6, 6.07) is 6.81. The minimum Gasteiger partial charge on any atom is -0.477 e. The van der Waals surface area contributed by atoms with Crippen LogP contribution < -0.4 is 4.90 Å². The summed E-state index contributed by atoms with van der Waals surface area (Å²) in [5.41, 5.74) is 0.951. The topological polar surface area (TPSA) is 141 Å². The van der Waals surface area contributed by atoms with E-state index in [1.807, 2.05) is 27.7 Å². The van der Waals surface area contributed by atoms with Gasteiger partial charge in [-0.15, -0.1) is 0 Å². The third-order valence-electron chi connectivity index (χ3n) is 6.47. The Labute approximate surface area is 227 Å². The Hall–Kier alpha value is -3.51. The molecule has 39 heavy (non-hydrogen) atoms. The summed E-state index contributed by atoms with van der Waals surface area (Å²) in [6.45, 7) is 11.0. The molecule has 11 nitrogen and oxygen atoms in total. The van der Waals surface area contributed by atoms with Gasteiger partial charge in [-0.2, -0.15) is 0 Å². The fraction of sp³-hybridized carbons (Fsp3) is 0.481. The molecule has 1 atom stereocenters. The van der Waals surface area contributed by atoms with E-state index in [0.717, 1.165) is 10.8 Å². The van der Waals surface area contributed by atoms with Crippen LogP contribution in [0.5, 0.6) is 0 Å². The summed E-state index contributed by atoms with van der Waals surface area (Å²) in [7, 11) is -3.38. The van der Waals surface area contributed by atoms with E-state index in [-0.39, 0.29) is 24.1 Å². The molecule has 1 aliphatic rings. The number of aromatic nitrogens is 3. The summed E-state index contributed by atoms with van der Waals surface area (Å²) in [5.74, 6) is -0.624. The number of benzene rings is 1. The van der Waals surface area contributed by atoms with Gasteiger partial charge in [0.25, 0.3) is 0 Å². The second-order valence-electron chi connectivity index (χ2n) is 10.8. The van der Waals surface area contributed by atoms with Crippen molar-refractivity contribution in [1.82, 2.24) is 14.5 Å². The number of ether oxygens (including phenoxy) is 2. The van der Waals surface area contributed by atoms with E-state index < -0.39 is 27.3 Å². The molecule has 4 rings (SSSR count). The smallest absolute Gasteiger partial charge is 0.419 e. The molecule has 2 aromatic heterocycles. The number of carboxylic acid groups (broad SMARTS) is 1. The van der Waals surface area contributed by atoms with Crippen molar-refractivity contribution in [3.05, 3.63) is 41.2 Å². The lowest BCUT2D eigenvalue weighted by Gasteiger charge is -2.34. The lowest BCUT2D eigenvalue weighted by molar-refractivity contribution is 0.0679. The van der Waals surface area contributed by atoms with Gasteiger partial charge in [-0.25, -0.2) is 32.5 Å². The molecule has 1 fully saturated rings. The van der Waals surface area contributed by atoms with Crippen molar-refractivity contribution in [2.24, 2.45) is 0 Å². The van der Waals surface area contributed by atoms with E-state index in [0.29, 0.717) is 59.1 Å². The number of aromatic carboxylic acids is 1. The van der Waals surface area contributed by atoms with Gasteiger partial charge in [-0.3, -0.25) is 0 Å². The number of hydrogen-bond donors (Lipinski definition) is 1. The Morgan fingerprint density at radius 3 is 2.51 bits per heavy atom. The van der Waals surface area contributed by atoms with Gasteiger partial charge in [-0.1, -0.05) is 20.8 Å². The molecule has 0 aliphatic carbocycles. The number of sulfone groups is 1. The molecule has 1 N–H and O–H groups in total. The molecule has 0 unspecified atom stereocenters. The van der Waals surface area contributed by atoms with Crippen LogP contribution in [0.25, 0.3) is 22.3 Å². The van der Waals surface area contributed by atoms with Gasteiger partial charge in [0.2, 0.25) is 0 Å². The van der Waals surface area contributed by atoms with Crippen LogP contribution in [0.4, 0.5) is 10.6 Å². The molecule has 0 radical (unpaired) electrons. The summed E-state index contributed by atoms with van der Waals surface area (Å²) >= 11 is 0. The average Bonchev–Trinajstić information content (AvgIpc) is 3.19. The molecule has 0 saturated carbocycles. The number of morpholine rings is 1. The predicted octanol–water partition coefficient (Wildman–Crippen LogP) is 3.87. The summed E-state index contributed by atoms with van der Waals surface area (Å²) in [4.78, 5) is 36.7. The van der Waals surface area contributed by atoms with Crippen LogP contribution in [0.2, 0.25) is 0 Å². The highest BCUT2D eigenvalue weighted by molar-refractivity contribution is 7.89. The molecule has 1 aliphatic heterocycles. The molecule has 0 spiro atoms. The van der Waals surface area contributed by atoms with Crippen molar-refractivity contribution < 1.29 is 32.6 Å². The van der Waals surface area contributed by atoms with Crippen molar-refractivity contribution in [1.29, 1.82) is 0 Å². The summed E-state index contributed by atoms with van der Waals surface area (Å²) in [5, 5.41) is 10.7. The van der Waals surface area contributed by atoms with Crippen LogP contribution in [0.3, 0.4) is 0 Å². The number of hydrogen-bond acceptors (Lipinski definition) is 9. The Bertz CT molecular complexity index is 1540. The normalized spacial score (nSPS) is 16.5. The fourth-order valence-corrected chi connectivity index (χ4v) is 5.62. The minimum atomic E-state index is -3.38. The number of carbonyl (C=O) groups excluding carboxylic acids is 1. The van der Waals surface area contributed by atoms with Gasteiger partial charge in [-0.05, 0) is 43.0 Å². The standard InChI is InChI=1S/C27H34N4O7S/c1-7-38-26(34)31-20-9-8-17(12-19(20)22(27(3,4)5)23(31)25(32)33)24-28-18(15-39(6,35)36)13-21(29-24)30-10-11-37-14-16(30)2/h8-9,12-13,16H,7,10-11,14-15H2,1-6H3,(H,32,33)/t16-/m0/s1. The van der Waals surface area contributed by atoms with Crippen molar-refractivity contribution in [3.63, 3.8) is 0 Å². The number of fused-ring (bicyclic) bond motifs is 1. The minimum absolute atomic E-state index is 0.0271. The van der Waals surface area contributed by atoms with E-state index in [4.69, 9.17) is 14.5 Å². The van der Waals surface area contributed by atoms with Gasteiger partial charge in [0.1, 0.15) is 11.5 Å². The van der Waals surface area contributed by atoms with E-state index in [9.17, 15) is 23.1 Å². The molecular weight excluding hydrogens is 524 g/mol. The van der Waals surface area contributed by atoms with E-state index in [1.165, 1.54) is 0 Å². The number of carbonyl (C=O) groups is 2. The second kappa shape index (κ2) is 10.6. The Balaban J connectivity index is 1.98. The Kier molecular flexibility index (Phi) is 7.72. The lowest BCUT2D eigenvalue weighted by atomic mass is 9.84. The maximum Gasteiger partial charge on any atom is 0.419 e. The van der Waals surface area contributed by atoms with Crippen molar-refractivity contribution >= 4 is 38.6 Å². The first-order valence-electron chi connectivity index (χ1n) is 12.7. The largest absolute Gasteiger partial charge is 0.477 e. The molecular formula is C27H34N4O7S. The first kappa shape index (κ1) is 28.5. The van der Waals surface area contributed by atoms with Crippen LogP contribution in [-0.2, 0) is 30.5 Å². The van der Waals surface area contributed by atoms with Crippen LogP contribution in [0.1, 0.15) is 56.4 Å². The maximum atomic E-state index is 12.9. The molecule has 1 saturated heterocycles. The highest BCUT2D eigenvalue weighted by Crippen LogP contribution is 2.38. The second-order valence-corrected chi connectivity index (χ2v) is 12.9. The predicted molar refractivity (Wildman–Crippen MR) is 147 cm³/mol. The molecule has 210 valence electrons. The van der Waals surface area contributed by atoms with Gasteiger partial charge in [0, 0.05) is 29.8 Å². The highest BCUT2D eigenvalue weighted by Gasteiger charge is 2.33. The Morgan fingerprint density at radius 1 is 1.21 bits per heavy atom. The third kappa shape index (κ3) is 5.91. The fourth-order valence-electron chi connectivity index (χ4n) is 4.94. The zero-order valence-corrected chi connectivity index (χ0v) is 23.8. The van der Waals surface area contributed by atoms with E-state index >= 15 is 0 Å². The molecule has 3 heterocycles. The SMILES string of the molecule is CCOC(=O)n1c(C(=O)O)c(C(C)(C)C)c2cc(-c3nc(CS(C)(=O)=O)cc(N4CCOC[C@@H]4C)n3)ccc21. The molecule has 1 aromatic carbocycles. The molecule has 0 bridgehead atoms. The van der Waals surface area contributed by atoms with Gasteiger partial charge < -0.3 is 19.5 Å². The highest BCUT2D eigenvalue weighted by atomic mass is 32.2. The first-order chi connectivity index (χ1) is 18.2. The van der Waals surface area contributed by atoms with Crippen LogP contribution in [-0.4, -0.2) is 78.8 Å². The molecule has 3 aromatic rings. The van der Waals surface area contributed by atoms with Crippen LogP contribution in [0.15, 0.2) is 24.3 Å². The number of anilines is 1. The molecule has 12 heteroatoms. The van der Waals surface area contributed by atoms with Crippen LogP contribution in [0, 0.1) is 0 Å². The third-order valence-corrected chi connectivity index (χ3v) is 7.29. The van der Waals surface area contributed by atoms with Gasteiger partial charge in [0.15, 0.2) is 15.7 Å². The van der Waals surface area contributed by atoms with Gasteiger partial charge in [0.05, 0.1) is 42.8 Å². The first-order valence-corrected chi connectivity index (χ1v) is 14.8. The van der Waals surface area contributed by atoms with Crippen molar-refractivity contribution in [2.45, 2.75) is 51.8 Å². The Morgan fingerprint density at radius 2 is 1.92 bits per heavy atom. The quantitative estimate of drug-likeness (QED) is 0.474. The summed E-state index contributed by atoms with van der Waals surface area (Å²) in [6.07, 6.45) is 0.372. The van der Waals surface area contributed by atoms with Crippen molar-refractivity contribution in [2.75, 3.05) is 37.5 Å². The summed E-state index contributed by atoms with van der Waals surface area (Å²) < 4.78 is 36.1. The molecule has 0 amide bonds. The van der Waals surface area contributed by atoms with E-state index in [1.54, 1.807) is 31.2 Å². The monoisotopic (exact) mass is 558 g/mol. The number of carboxylic acids is 1. The lowest BCUT2D eigenvalue weighted by Crippen LogP contribution is -2.44. The number of rotatable bonds is 6. The average molecular weight is 559 g/mol. The zero-order chi connectivity index (χ0) is 28.7.